The lowest BCUT2D eigenvalue weighted by molar-refractivity contribution is 0.178. The van der Waals surface area contributed by atoms with E-state index in [1.807, 2.05) is 0 Å². The van der Waals surface area contributed by atoms with E-state index >= 15 is 0 Å². The maximum Gasteiger partial charge on any atom is 0.158 e. The molecule has 0 bridgehead atoms. The van der Waals surface area contributed by atoms with Gasteiger partial charge in [0.25, 0.3) is 0 Å². The van der Waals surface area contributed by atoms with Crippen LogP contribution in [0.15, 0.2) is 24.3 Å². The van der Waals surface area contributed by atoms with Crippen LogP contribution >= 0.6 is 0 Å². The summed E-state index contributed by atoms with van der Waals surface area (Å²) >= 11 is 0. The van der Waals surface area contributed by atoms with Gasteiger partial charge >= 0.3 is 0 Å². The number of nitrogen functional groups attached to an aromatic ring is 1. The summed E-state index contributed by atoms with van der Waals surface area (Å²) in [7, 11) is 1.56. The summed E-state index contributed by atoms with van der Waals surface area (Å²) in [4.78, 5) is 8.29. The molecule has 6 heteroatoms. The molecule has 0 spiro atoms. The summed E-state index contributed by atoms with van der Waals surface area (Å²) in [6, 6.07) is 6.34. The highest BCUT2D eigenvalue weighted by Gasteiger charge is 2.04. The fourth-order valence-corrected chi connectivity index (χ4v) is 1.65. The Morgan fingerprint density at radius 3 is 2.79 bits per heavy atom. The largest absolute Gasteiger partial charge is 0.384 e. The zero-order chi connectivity index (χ0) is 13.8. The first-order valence-corrected chi connectivity index (χ1v) is 5.74. The monoisotopic (exact) mass is 262 g/mol. The van der Waals surface area contributed by atoms with Gasteiger partial charge in [-0.1, -0.05) is 0 Å². The highest BCUT2D eigenvalue weighted by atomic mass is 19.1. The topological polar surface area (TPSA) is 73.1 Å². The smallest absolute Gasteiger partial charge is 0.158 e. The number of rotatable bonds is 4. The summed E-state index contributed by atoms with van der Waals surface area (Å²) in [6.07, 6.45) is 0. The van der Waals surface area contributed by atoms with Gasteiger partial charge in [-0.15, -0.1) is 0 Å². The van der Waals surface area contributed by atoms with Crippen molar-refractivity contribution in [2.45, 2.75) is 13.5 Å². The maximum absolute atomic E-state index is 13.2. The Morgan fingerprint density at radius 1 is 1.32 bits per heavy atom. The van der Waals surface area contributed by atoms with Crippen molar-refractivity contribution in [2.24, 2.45) is 0 Å². The van der Waals surface area contributed by atoms with E-state index in [2.05, 4.69) is 15.3 Å². The number of nitrogens with two attached hydrogens (primary N) is 1. The zero-order valence-electron chi connectivity index (χ0n) is 10.8. The Kier molecular flexibility index (Phi) is 3.91. The Labute approximate surface area is 110 Å². The second-order valence-electron chi connectivity index (χ2n) is 4.12. The number of aromatic nitrogens is 2. The lowest BCUT2D eigenvalue weighted by atomic mass is 10.2. The minimum Gasteiger partial charge on any atom is -0.384 e. The SMILES string of the molecule is COCc1nc(N)cc(Nc2ccc(F)c(C)c2)n1. The van der Waals surface area contributed by atoms with Gasteiger partial charge in [0.1, 0.15) is 24.1 Å². The fourth-order valence-electron chi connectivity index (χ4n) is 1.65. The van der Waals surface area contributed by atoms with E-state index in [1.54, 1.807) is 32.2 Å². The second-order valence-corrected chi connectivity index (χ2v) is 4.12. The van der Waals surface area contributed by atoms with Crippen molar-refractivity contribution in [1.29, 1.82) is 0 Å². The van der Waals surface area contributed by atoms with Crippen LogP contribution < -0.4 is 11.1 Å². The molecule has 0 aliphatic carbocycles. The number of hydrogen-bond acceptors (Lipinski definition) is 5. The molecule has 3 N–H and O–H groups in total. The summed E-state index contributed by atoms with van der Waals surface area (Å²) in [5, 5.41) is 3.06. The molecule has 0 aliphatic heterocycles. The molecule has 1 aromatic carbocycles. The Balaban J connectivity index is 2.24. The number of nitrogens with one attached hydrogen (secondary N) is 1. The highest BCUT2D eigenvalue weighted by Crippen LogP contribution is 2.19. The van der Waals surface area contributed by atoms with Crippen LogP contribution in [0.5, 0.6) is 0 Å². The molecule has 100 valence electrons. The Hall–Kier alpha value is -2.21. The summed E-state index contributed by atoms with van der Waals surface area (Å²) in [5.74, 6) is 1.14. The maximum atomic E-state index is 13.2. The van der Waals surface area contributed by atoms with Crippen LogP contribution in [0.2, 0.25) is 0 Å². The van der Waals surface area contributed by atoms with Gasteiger partial charge in [-0.05, 0) is 30.7 Å². The average molecular weight is 262 g/mol. The van der Waals surface area contributed by atoms with Crippen LogP contribution in [0.1, 0.15) is 11.4 Å². The molecule has 2 rings (SSSR count). The standard InChI is InChI=1S/C13H15FN4O/c1-8-5-9(3-4-10(8)14)16-12-6-11(15)17-13(18-12)7-19-2/h3-6H,7H2,1-2H3,(H3,15,16,17,18). The molecular weight excluding hydrogens is 247 g/mol. The molecule has 0 atom stereocenters. The number of anilines is 3. The Morgan fingerprint density at radius 2 is 2.11 bits per heavy atom. The minimum atomic E-state index is -0.243. The normalized spacial score (nSPS) is 10.5. The van der Waals surface area contributed by atoms with Crippen LogP contribution in [0, 0.1) is 12.7 Å². The van der Waals surface area contributed by atoms with Crippen LogP contribution in [0.3, 0.4) is 0 Å². The van der Waals surface area contributed by atoms with Gasteiger partial charge in [0.15, 0.2) is 5.82 Å². The average Bonchev–Trinajstić information content (AvgIpc) is 2.33. The first kappa shape index (κ1) is 13.2. The van der Waals surface area contributed by atoms with Gasteiger partial charge in [0.05, 0.1) is 0 Å². The predicted molar refractivity (Wildman–Crippen MR) is 71.6 cm³/mol. The van der Waals surface area contributed by atoms with E-state index in [9.17, 15) is 4.39 Å². The molecule has 0 aliphatic rings. The minimum absolute atomic E-state index is 0.243. The van der Waals surface area contributed by atoms with E-state index < -0.39 is 0 Å². The van der Waals surface area contributed by atoms with Crippen LogP contribution in [0.25, 0.3) is 0 Å². The van der Waals surface area contributed by atoms with E-state index in [-0.39, 0.29) is 12.4 Å². The molecule has 0 amide bonds. The number of methoxy groups -OCH3 is 1. The van der Waals surface area contributed by atoms with Crippen molar-refractivity contribution >= 4 is 17.3 Å². The molecule has 5 nitrogen and oxygen atoms in total. The lowest BCUT2D eigenvalue weighted by Crippen LogP contribution is -2.04. The number of nitrogens with zero attached hydrogens (tertiary/aromatic N) is 2. The van der Waals surface area contributed by atoms with E-state index in [1.165, 1.54) is 6.07 Å². The second kappa shape index (κ2) is 5.62. The van der Waals surface area contributed by atoms with Gasteiger partial charge < -0.3 is 15.8 Å². The zero-order valence-corrected chi connectivity index (χ0v) is 10.8. The first-order chi connectivity index (χ1) is 9.08. The van der Waals surface area contributed by atoms with Gasteiger partial charge in [-0.2, -0.15) is 0 Å². The molecule has 0 saturated heterocycles. The quantitative estimate of drug-likeness (QED) is 0.885. The molecule has 0 unspecified atom stereocenters. The van der Waals surface area contributed by atoms with Crippen molar-refractivity contribution in [3.63, 3.8) is 0 Å². The van der Waals surface area contributed by atoms with Crippen molar-refractivity contribution in [3.05, 3.63) is 41.5 Å². The first-order valence-electron chi connectivity index (χ1n) is 5.74. The molecule has 0 radical (unpaired) electrons. The molecule has 2 aromatic rings. The Bertz CT molecular complexity index is 589. The van der Waals surface area contributed by atoms with Gasteiger partial charge in [0.2, 0.25) is 0 Å². The lowest BCUT2D eigenvalue weighted by Gasteiger charge is -2.09. The van der Waals surface area contributed by atoms with Crippen LogP contribution in [-0.4, -0.2) is 17.1 Å². The third-order valence-electron chi connectivity index (χ3n) is 2.50. The predicted octanol–water partition coefficient (Wildman–Crippen LogP) is 2.40. The molecule has 19 heavy (non-hydrogen) atoms. The molecule has 0 saturated carbocycles. The molecular formula is C13H15FN4O. The molecule has 1 aromatic heterocycles. The number of aryl methyl sites for hydroxylation is 1. The van der Waals surface area contributed by atoms with Crippen LogP contribution in [-0.2, 0) is 11.3 Å². The summed E-state index contributed by atoms with van der Waals surface area (Å²) < 4.78 is 18.1. The third-order valence-corrected chi connectivity index (χ3v) is 2.50. The fraction of sp³-hybridized carbons (Fsp3) is 0.231. The van der Waals surface area contributed by atoms with Crippen LogP contribution in [0.4, 0.5) is 21.7 Å². The van der Waals surface area contributed by atoms with Gasteiger partial charge in [-0.25, -0.2) is 14.4 Å². The van der Waals surface area contributed by atoms with Gasteiger partial charge in [-0.3, -0.25) is 0 Å². The van der Waals surface area contributed by atoms with Crippen molar-refractivity contribution in [1.82, 2.24) is 9.97 Å². The summed E-state index contributed by atoms with van der Waals surface area (Å²) in [6.45, 7) is 1.98. The number of halogens is 1. The number of ether oxygens (including phenoxy) is 1. The van der Waals surface area contributed by atoms with E-state index in [0.717, 1.165) is 5.69 Å². The van der Waals surface area contributed by atoms with E-state index in [4.69, 9.17) is 10.5 Å². The highest BCUT2D eigenvalue weighted by molar-refractivity contribution is 5.59. The van der Waals surface area contributed by atoms with Crippen molar-refractivity contribution in [3.8, 4) is 0 Å². The van der Waals surface area contributed by atoms with Crippen molar-refractivity contribution in [2.75, 3.05) is 18.2 Å². The van der Waals surface area contributed by atoms with E-state index in [0.29, 0.717) is 23.0 Å². The number of benzene rings is 1. The van der Waals surface area contributed by atoms with Crippen molar-refractivity contribution < 1.29 is 9.13 Å². The molecule has 0 fully saturated rings. The third kappa shape index (κ3) is 3.38. The molecule has 1 heterocycles. The number of hydrogen-bond donors (Lipinski definition) is 2. The summed E-state index contributed by atoms with van der Waals surface area (Å²) in [5.41, 5.74) is 6.99. The van der Waals surface area contributed by atoms with Gasteiger partial charge in [0, 0.05) is 18.9 Å².